The zero-order valence-electron chi connectivity index (χ0n) is 25.4. The van der Waals surface area contributed by atoms with Crippen LogP contribution < -0.4 is 20.5 Å². The van der Waals surface area contributed by atoms with Crippen molar-refractivity contribution in [2.75, 3.05) is 57.9 Å². The first-order chi connectivity index (χ1) is 20.9. The van der Waals surface area contributed by atoms with Crippen molar-refractivity contribution >= 4 is 23.2 Å². The number of benzene rings is 1. The van der Waals surface area contributed by atoms with E-state index in [1.165, 1.54) is 6.92 Å². The van der Waals surface area contributed by atoms with Crippen molar-refractivity contribution in [3.8, 4) is 5.75 Å². The van der Waals surface area contributed by atoms with Gasteiger partial charge in [0.2, 0.25) is 0 Å². The SMILES string of the molecule is CCN(c1cc(OC2CC(N3CCN(C)CC3)C2)cc(C(=O)NCc2c(C)cc(C(F)(F)F)[nH]c2=O)c1Cl)C1CCOCC1. The number of pyridine rings is 1. The van der Waals surface area contributed by atoms with Gasteiger partial charge in [-0.1, -0.05) is 11.6 Å². The molecule has 5 rings (SSSR count). The Labute approximate surface area is 260 Å². The van der Waals surface area contributed by atoms with Crippen LogP contribution in [0.25, 0.3) is 0 Å². The maximum Gasteiger partial charge on any atom is 0.431 e. The molecule has 2 saturated heterocycles. The van der Waals surface area contributed by atoms with Crippen LogP contribution in [0.4, 0.5) is 18.9 Å². The molecule has 3 heterocycles. The first kappa shape index (κ1) is 32.6. The number of aromatic nitrogens is 1. The Morgan fingerprint density at radius 3 is 2.45 bits per heavy atom. The minimum atomic E-state index is -4.68. The van der Waals surface area contributed by atoms with Crippen LogP contribution in [-0.2, 0) is 17.5 Å². The van der Waals surface area contributed by atoms with Crippen LogP contribution in [0.5, 0.6) is 5.75 Å². The molecule has 0 spiro atoms. The number of rotatable bonds is 9. The molecule has 0 atom stereocenters. The molecule has 1 aromatic carbocycles. The van der Waals surface area contributed by atoms with Crippen LogP contribution in [0, 0.1) is 6.92 Å². The van der Waals surface area contributed by atoms with Gasteiger partial charge in [0.1, 0.15) is 17.5 Å². The number of carbonyl (C=O) groups excluding carboxylic acids is 1. The van der Waals surface area contributed by atoms with Crippen molar-refractivity contribution in [2.45, 2.75) is 70.4 Å². The lowest BCUT2D eigenvalue weighted by Crippen LogP contribution is -2.55. The highest BCUT2D eigenvalue weighted by Gasteiger charge is 2.37. The van der Waals surface area contributed by atoms with E-state index in [-0.39, 0.29) is 40.4 Å². The van der Waals surface area contributed by atoms with E-state index in [2.05, 4.69) is 27.1 Å². The molecule has 0 radical (unpaired) electrons. The molecule has 1 saturated carbocycles. The second kappa shape index (κ2) is 13.7. The van der Waals surface area contributed by atoms with Gasteiger partial charge in [0, 0.05) is 89.0 Å². The number of aromatic amines is 1. The van der Waals surface area contributed by atoms with E-state index < -0.39 is 23.3 Å². The first-order valence-corrected chi connectivity index (χ1v) is 15.7. The summed E-state index contributed by atoms with van der Waals surface area (Å²) < 4.78 is 51.4. The fourth-order valence-corrected chi connectivity index (χ4v) is 6.62. The van der Waals surface area contributed by atoms with Crippen LogP contribution >= 0.6 is 11.6 Å². The predicted molar refractivity (Wildman–Crippen MR) is 163 cm³/mol. The van der Waals surface area contributed by atoms with E-state index >= 15 is 0 Å². The second-order valence-corrected chi connectivity index (χ2v) is 12.4. The van der Waals surface area contributed by atoms with Gasteiger partial charge < -0.3 is 29.6 Å². The van der Waals surface area contributed by atoms with E-state index in [0.717, 1.165) is 57.9 Å². The Balaban J connectivity index is 1.36. The number of amides is 1. The molecule has 2 N–H and O–H groups in total. The number of aryl methyl sites for hydroxylation is 1. The number of halogens is 4. The largest absolute Gasteiger partial charge is 0.490 e. The molecule has 0 bridgehead atoms. The lowest BCUT2D eigenvalue weighted by molar-refractivity contribution is -0.141. The third-order valence-corrected chi connectivity index (χ3v) is 9.47. The average molecular weight is 640 g/mol. The van der Waals surface area contributed by atoms with Crippen LogP contribution in [-0.4, -0.2) is 91.9 Å². The number of alkyl halides is 3. The van der Waals surface area contributed by atoms with E-state index in [1.54, 1.807) is 6.07 Å². The zero-order valence-corrected chi connectivity index (χ0v) is 26.2. The fraction of sp³-hybridized carbons (Fsp3) is 0.613. The number of carbonyl (C=O) groups is 1. The number of ether oxygens (including phenoxy) is 2. The molecule has 9 nitrogen and oxygen atoms in total. The van der Waals surface area contributed by atoms with Gasteiger partial charge in [0.25, 0.3) is 11.5 Å². The highest BCUT2D eigenvalue weighted by atomic mass is 35.5. The monoisotopic (exact) mass is 639 g/mol. The van der Waals surface area contributed by atoms with E-state index in [4.69, 9.17) is 21.1 Å². The van der Waals surface area contributed by atoms with Gasteiger partial charge in [-0.25, -0.2) is 0 Å². The Kier molecular flexibility index (Phi) is 10.1. The topological polar surface area (TPSA) is 90.1 Å². The van der Waals surface area contributed by atoms with Gasteiger partial charge in [-0.15, -0.1) is 0 Å². The predicted octanol–water partition coefficient (Wildman–Crippen LogP) is 4.45. The number of piperazine rings is 1. The fourth-order valence-electron chi connectivity index (χ4n) is 6.31. The highest BCUT2D eigenvalue weighted by molar-refractivity contribution is 6.36. The number of nitrogens with one attached hydrogen (secondary N) is 2. The quantitative estimate of drug-likeness (QED) is 0.419. The summed E-state index contributed by atoms with van der Waals surface area (Å²) in [6.07, 6.45) is -1.23. The van der Waals surface area contributed by atoms with Gasteiger partial charge in [0.05, 0.1) is 16.3 Å². The summed E-state index contributed by atoms with van der Waals surface area (Å²) in [4.78, 5) is 34.9. The van der Waals surface area contributed by atoms with Crippen molar-refractivity contribution in [1.29, 1.82) is 0 Å². The van der Waals surface area contributed by atoms with Crippen LogP contribution in [0.1, 0.15) is 59.8 Å². The number of hydrogen-bond acceptors (Lipinski definition) is 7. The molecule has 3 aliphatic rings. The summed E-state index contributed by atoms with van der Waals surface area (Å²) in [5, 5.41) is 2.95. The Bertz CT molecular complexity index is 1380. The highest BCUT2D eigenvalue weighted by Crippen LogP contribution is 2.39. The van der Waals surface area contributed by atoms with Gasteiger partial charge >= 0.3 is 6.18 Å². The second-order valence-electron chi connectivity index (χ2n) is 12.0. The summed E-state index contributed by atoms with van der Waals surface area (Å²) in [5.41, 5.74) is -1.01. The van der Waals surface area contributed by atoms with Gasteiger partial charge in [-0.05, 0) is 51.4 Å². The molecule has 1 amide bonds. The smallest absolute Gasteiger partial charge is 0.431 e. The number of likely N-dealkylation sites (N-methyl/N-ethyl adjacent to an activating group) is 1. The van der Waals surface area contributed by atoms with Crippen LogP contribution in [0.2, 0.25) is 5.02 Å². The molecule has 3 fully saturated rings. The van der Waals surface area contributed by atoms with Crippen molar-refractivity contribution < 1.29 is 27.4 Å². The Morgan fingerprint density at radius 1 is 1.16 bits per heavy atom. The minimum Gasteiger partial charge on any atom is -0.490 e. The Hall–Kier alpha value is -2.80. The van der Waals surface area contributed by atoms with Crippen molar-refractivity contribution in [3.05, 3.63) is 56.0 Å². The van der Waals surface area contributed by atoms with Gasteiger partial charge in [-0.2, -0.15) is 13.2 Å². The lowest BCUT2D eigenvalue weighted by Gasteiger charge is -2.45. The van der Waals surface area contributed by atoms with Crippen molar-refractivity contribution in [3.63, 3.8) is 0 Å². The summed E-state index contributed by atoms with van der Waals surface area (Å²) >= 11 is 6.91. The third kappa shape index (κ3) is 7.35. The molecular formula is C31H41ClF3N5O4. The standard InChI is InChI=1S/C31H41ClF3N5O4/c1-4-40(20-5-11-43-12-6-20)26-17-23(44-22-14-21(15-22)39-9-7-38(3)8-10-39)16-24(28(26)32)29(41)36-18-25-19(2)13-27(31(33,34)35)37-30(25)42/h13,16-17,20-22H,4-12,14-15,18H2,1-3H3,(H,36,41)(H,37,42). The molecule has 1 aromatic heterocycles. The van der Waals surface area contributed by atoms with Crippen LogP contribution in [0.15, 0.2) is 23.0 Å². The molecule has 2 aromatic rings. The number of hydrogen-bond donors (Lipinski definition) is 2. The molecule has 1 aliphatic carbocycles. The summed E-state index contributed by atoms with van der Waals surface area (Å²) in [7, 11) is 2.14. The summed E-state index contributed by atoms with van der Waals surface area (Å²) in [6.45, 7) is 9.31. The lowest BCUT2D eigenvalue weighted by atomic mass is 9.87. The molecule has 44 heavy (non-hydrogen) atoms. The number of nitrogens with zero attached hydrogens (tertiary/aromatic N) is 3. The summed E-state index contributed by atoms with van der Waals surface area (Å²) in [6, 6.07) is 5.03. The van der Waals surface area contributed by atoms with Crippen molar-refractivity contribution in [1.82, 2.24) is 20.1 Å². The minimum absolute atomic E-state index is 0.0103. The van der Waals surface area contributed by atoms with E-state index in [0.29, 0.717) is 37.2 Å². The normalized spacial score (nSPS) is 22.0. The molecular weight excluding hydrogens is 599 g/mol. The maximum absolute atomic E-state index is 13.5. The Morgan fingerprint density at radius 2 is 1.84 bits per heavy atom. The zero-order chi connectivity index (χ0) is 31.6. The third-order valence-electron chi connectivity index (χ3n) is 9.07. The van der Waals surface area contributed by atoms with Crippen molar-refractivity contribution in [2.24, 2.45) is 0 Å². The van der Waals surface area contributed by atoms with E-state index in [9.17, 15) is 22.8 Å². The first-order valence-electron chi connectivity index (χ1n) is 15.3. The molecule has 2 aliphatic heterocycles. The van der Waals surface area contributed by atoms with Crippen LogP contribution in [0.3, 0.4) is 0 Å². The molecule has 0 unspecified atom stereocenters. The summed E-state index contributed by atoms with van der Waals surface area (Å²) in [5.74, 6) is -0.0159. The molecule has 13 heteroatoms. The number of anilines is 1. The number of H-pyrrole nitrogens is 1. The van der Waals surface area contributed by atoms with Gasteiger partial charge in [0.15, 0.2) is 0 Å². The maximum atomic E-state index is 13.5. The molecule has 242 valence electrons. The van der Waals surface area contributed by atoms with E-state index in [1.807, 2.05) is 18.0 Å². The van der Waals surface area contributed by atoms with Gasteiger partial charge in [-0.3, -0.25) is 14.5 Å². The average Bonchev–Trinajstić information content (AvgIpc) is 2.96.